The van der Waals surface area contributed by atoms with Gasteiger partial charge in [0.05, 0.1) is 0 Å². The third-order valence-corrected chi connectivity index (χ3v) is 3.42. The molecule has 1 rings (SSSR count). The van der Waals surface area contributed by atoms with Gasteiger partial charge in [-0.1, -0.05) is 58.8 Å². The van der Waals surface area contributed by atoms with Crippen molar-refractivity contribution in [2.75, 3.05) is 0 Å². The van der Waals surface area contributed by atoms with E-state index in [1.54, 1.807) is 0 Å². The van der Waals surface area contributed by atoms with Crippen molar-refractivity contribution in [2.24, 2.45) is 11.8 Å². The van der Waals surface area contributed by atoms with Gasteiger partial charge in [0.15, 0.2) is 0 Å². The molecule has 0 N–H and O–H groups in total. The van der Waals surface area contributed by atoms with Crippen LogP contribution < -0.4 is 0 Å². The van der Waals surface area contributed by atoms with Gasteiger partial charge in [-0.05, 0) is 18.3 Å². The lowest BCUT2D eigenvalue weighted by molar-refractivity contribution is 0.307. The molecule has 12 heavy (non-hydrogen) atoms. The summed E-state index contributed by atoms with van der Waals surface area (Å²) in [6.07, 6.45) is 12.7. The second-order valence-corrected chi connectivity index (χ2v) is 4.30. The van der Waals surface area contributed by atoms with Crippen LogP contribution in [-0.2, 0) is 0 Å². The van der Waals surface area contributed by atoms with Crippen molar-refractivity contribution in [2.45, 2.75) is 58.8 Å². The Morgan fingerprint density at radius 1 is 1.00 bits per heavy atom. The summed E-state index contributed by atoms with van der Waals surface area (Å²) in [7, 11) is 0. The SMILES string of the molecule is C[CH]C(C)C1CCCCCCC1. The van der Waals surface area contributed by atoms with Gasteiger partial charge in [0.1, 0.15) is 0 Å². The van der Waals surface area contributed by atoms with Crippen molar-refractivity contribution in [1.29, 1.82) is 0 Å². The van der Waals surface area contributed by atoms with Crippen molar-refractivity contribution in [3.8, 4) is 0 Å². The van der Waals surface area contributed by atoms with Gasteiger partial charge in [-0.15, -0.1) is 0 Å². The van der Waals surface area contributed by atoms with E-state index in [4.69, 9.17) is 0 Å². The molecule has 1 unspecified atom stereocenters. The first-order chi connectivity index (χ1) is 5.84. The lowest BCUT2D eigenvalue weighted by Crippen LogP contribution is -2.12. The highest BCUT2D eigenvalue weighted by Crippen LogP contribution is 2.29. The largest absolute Gasteiger partial charge is 0.0620 e. The van der Waals surface area contributed by atoms with Crippen LogP contribution in [0.5, 0.6) is 0 Å². The van der Waals surface area contributed by atoms with Crippen LogP contribution in [0.1, 0.15) is 58.8 Å². The molecule has 1 fully saturated rings. The van der Waals surface area contributed by atoms with Crippen LogP contribution in [0.3, 0.4) is 0 Å². The Bertz CT molecular complexity index is 98.6. The van der Waals surface area contributed by atoms with Gasteiger partial charge in [-0.2, -0.15) is 0 Å². The van der Waals surface area contributed by atoms with Crippen LogP contribution in [0.4, 0.5) is 0 Å². The molecule has 0 saturated heterocycles. The average Bonchev–Trinajstić information content (AvgIpc) is 2.02. The zero-order valence-corrected chi connectivity index (χ0v) is 8.68. The molecule has 1 atom stereocenters. The molecule has 1 radical (unpaired) electrons. The van der Waals surface area contributed by atoms with E-state index in [-0.39, 0.29) is 0 Å². The molecule has 0 bridgehead atoms. The smallest absolute Gasteiger partial charge is 0.0386 e. The molecule has 1 aliphatic carbocycles. The lowest BCUT2D eigenvalue weighted by Gasteiger charge is -2.24. The van der Waals surface area contributed by atoms with Crippen LogP contribution in [0.2, 0.25) is 0 Å². The molecule has 0 aromatic carbocycles. The van der Waals surface area contributed by atoms with Gasteiger partial charge in [0.25, 0.3) is 0 Å². The predicted octanol–water partition coefficient (Wildman–Crippen LogP) is 4.21. The highest BCUT2D eigenvalue weighted by Gasteiger charge is 2.16. The van der Waals surface area contributed by atoms with Gasteiger partial charge in [-0.3, -0.25) is 0 Å². The Kier molecular flexibility index (Phi) is 4.72. The van der Waals surface area contributed by atoms with E-state index >= 15 is 0 Å². The monoisotopic (exact) mass is 167 g/mol. The minimum atomic E-state index is 0.850. The summed E-state index contributed by atoms with van der Waals surface area (Å²) in [6, 6.07) is 0. The van der Waals surface area contributed by atoms with Gasteiger partial charge in [0, 0.05) is 0 Å². The molecule has 0 aliphatic heterocycles. The number of rotatable bonds is 2. The molecule has 1 aliphatic rings. The Morgan fingerprint density at radius 2 is 1.50 bits per heavy atom. The van der Waals surface area contributed by atoms with Crippen molar-refractivity contribution in [1.82, 2.24) is 0 Å². The Balaban J connectivity index is 2.29. The summed E-state index contributed by atoms with van der Waals surface area (Å²) in [5.74, 6) is 1.85. The summed E-state index contributed by atoms with van der Waals surface area (Å²) in [4.78, 5) is 0. The van der Waals surface area contributed by atoms with Gasteiger partial charge >= 0.3 is 0 Å². The summed E-state index contributed by atoms with van der Waals surface area (Å²) < 4.78 is 0. The molecular formula is C12H23. The number of hydrogen-bond donors (Lipinski definition) is 0. The first-order valence-electron chi connectivity index (χ1n) is 5.64. The van der Waals surface area contributed by atoms with E-state index in [1.165, 1.54) is 44.9 Å². The third-order valence-electron chi connectivity index (χ3n) is 3.42. The van der Waals surface area contributed by atoms with E-state index in [9.17, 15) is 0 Å². The van der Waals surface area contributed by atoms with Crippen LogP contribution in [0.25, 0.3) is 0 Å². The van der Waals surface area contributed by atoms with Gasteiger partial charge in [0.2, 0.25) is 0 Å². The molecular weight excluding hydrogens is 144 g/mol. The molecule has 0 heteroatoms. The standard InChI is InChI=1S/C12H23/c1-3-11(2)12-9-7-5-4-6-8-10-12/h3,11-12H,4-10H2,1-2H3. The first kappa shape index (κ1) is 10.1. The van der Waals surface area contributed by atoms with Crippen LogP contribution in [0, 0.1) is 18.3 Å². The quantitative estimate of drug-likeness (QED) is 0.578. The van der Waals surface area contributed by atoms with Crippen LogP contribution in [0.15, 0.2) is 0 Å². The zero-order valence-electron chi connectivity index (χ0n) is 8.68. The molecule has 0 spiro atoms. The zero-order chi connectivity index (χ0) is 8.81. The highest BCUT2D eigenvalue weighted by molar-refractivity contribution is 4.76. The van der Waals surface area contributed by atoms with Gasteiger partial charge in [-0.25, -0.2) is 0 Å². The predicted molar refractivity (Wildman–Crippen MR) is 54.9 cm³/mol. The van der Waals surface area contributed by atoms with E-state index in [0.717, 1.165) is 11.8 Å². The molecule has 71 valence electrons. The van der Waals surface area contributed by atoms with E-state index in [1.807, 2.05) is 0 Å². The maximum atomic E-state index is 2.38. The van der Waals surface area contributed by atoms with E-state index in [0.29, 0.717) is 0 Å². The van der Waals surface area contributed by atoms with Gasteiger partial charge < -0.3 is 0 Å². The second-order valence-electron chi connectivity index (χ2n) is 4.30. The highest BCUT2D eigenvalue weighted by atomic mass is 14.2. The third kappa shape index (κ3) is 3.16. The van der Waals surface area contributed by atoms with E-state index < -0.39 is 0 Å². The maximum Gasteiger partial charge on any atom is -0.0386 e. The molecule has 0 nitrogen and oxygen atoms in total. The topological polar surface area (TPSA) is 0 Å². The minimum absolute atomic E-state index is 0.850. The fourth-order valence-electron chi connectivity index (χ4n) is 2.29. The second kappa shape index (κ2) is 5.61. The molecule has 0 heterocycles. The summed E-state index contributed by atoms with van der Waals surface area (Å²) in [6.45, 7) is 4.59. The van der Waals surface area contributed by atoms with Crippen LogP contribution in [-0.4, -0.2) is 0 Å². The normalized spacial score (nSPS) is 24.5. The fourth-order valence-corrected chi connectivity index (χ4v) is 2.29. The summed E-state index contributed by atoms with van der Waals surface area (Å²) in [5, 5.41) is 0. The summed E-state index contributed by atoms with van der Waals surface area (Å²) >= 11 is 0. The Labute approximate surface area is 77.7 Å². The van der Waals surface area contributed by atoms with Crippen LogP contribution >= 0.6 is 0 Å². The minimum Gasteiger partial charge on any atom is -0.0620 e. The first-order valence-corrected chi connectivity index (χ1v) is 5.64. The van der Waals surface area contributed by atoms with E-state index in [2.05, 4.69) is 20.3 Å². The molecule has 1 saturated carbocycles. The summed E-state index contributed by atoms with van der Waals surface area (Å²) in [5.41, 5.74) is 0. The Hall–Kier alpha value is 0. The molecule has 0 amide bonds. The molecule has 0 aromatic heterocycles. The fraction of sp³-hybridized carbons (Fsp3) is 0.917. The maximum absolute atomic E-state index is 2.38. The average molecular weight is 167 g/mol. The molecule has 0 aromatic rings. The Morgan fingerprint density at radius 3 is 2.00 bits per heavy atom. The van der Waals surface area contributed by atoms with Crippen molar-refractivity contribution < 1.29 is 0 Å². The van der Waals surface area contributed by atoms with Crippen molar-refractivity contribution in [3.05, 3.63) is 6.42 Å². The van der Waals surface area contributed by atoms with Crippen molar-refractivity contribution >= 4 is 0 Å². The number of hydrogen-bond acceptors (Lipinski definition) is 0. The lowest BCUT2D eigenvalue weighted by atomic mass is 9.82. The van der Waals surface area contributed by atoms with Crippen molar-refractivity contribution in [3.63, 3.8) is 0 Å².